The minimum Gasteiger partial charge on any atom is -0.379 e. The van der Waals surface area contributed by atoms with Crippen LogP contribution in [-0.4, -0.2) is 47.8 Å². The van der Waals surface area contributed by atoms with E-state index in [9.17, 15) is 4.79 Å². The SMILES string of the molecule is O=c1c2nn(Cc3ccc(-n4nccn4)cc3)c3ccccc3c-2nn1C1CCCOC1. The van der Waals surface area contributed by atoms with Gasteiger partial charge >= 0.3 is 0 Å². The predicted molar refractivity (Wildman–Crippen MR) is 118 cm³/mol. The number of fused-ring (bicyclic) bond motifs is 3. The van der Waals surface area contributed by atoms with Crippen molar-refractivity contribution in [2.24, 2.45) is 0 Å². The third-order valence-electron chi connectivity index (χ3n) is 5.90. The molecule has 0 aliphatic carbocycles. The van der Waals surface area contributed by atoms with Crippen molar-refractivity contribution in [1.82, 2.24) is 34.6 Å². The van der Waals surface area contributed by atoms with Crippen LogP contribution in [0, 0.1) is 0 Å². The quantitative estimate of drug-likeness (QED) is 0.438. The molecular formula is C23H21N7O2. The highest BCUT2D eigenvalue weighted by Crippen LogP contribution is 2.27. The second-order valence-corrected chi connectivity index (χ2v) is 7.98. The van der Waals surface area contributed by atoms with Crippen molar-refractivity contribution in [3.05, 3.63) is 76.8 Å². The highest BCUT2D eigenvalue weighted by Gasteiger charge is 2.26. The summed E-state index contributed by atoms with van der Waals surface area (Å²) in [5, 5.41) is 18.7. The van der Waals surface area contributed by atoms with Crippen molar-refractivity contribution in [3.8, 4) is 17.1 Å². The lowest BCUT2D eigenvalue weighted by molar-refractivity contribution is 0.0540. The molecular weight excluding hydrogens is 406 g/mol. The van der Waals surface area contributed by atoms with E-state index in [1.165, 1.54) is 0 Å². The van der Waals surface area contributed by atoms with Gasteiger partial charge in [-0.1, -0.05) is 30.3 Å². The number of rotatable bonds is 4. The second kappa shape index (κ2) is 7.69. The van der Waals surface area contributed by atoms with E-state index >= 15 is 0 Å². The summed E-state index contributed by atoms with van der Waals surface area (Å²) in [6.07, 6.45) is 5.11. The molecule has 0 radical (unpaired) electrons. The Kier molecular flexibility index (Phi) is 4.53. The summed E-state index contributed by atoms with van der Waals surface area (Å²) in [4.78, 5) is 14.8. The molecule has 3 aromatic rings. The van der Waals surface area contributed by atoms with Gasteiger partial charge in [-0.15, -0.1) is 0 Å². The van der Waals surface area contributed by atoms with E-state index in [4.69, 9.17) is 9.84 Å². The zero-order valence-electron chi connectivity index (χ0n) is 17.3. The van der Waals surface area contributed by atoms with Crippen molar-refractivity contribution in [3.63, 3.8) is 0 Å². The maximum atomic E-state index is 13.2. The second-order valence-electron chi connectivity index (χ2n) is 7.98. The van der Waals surface area contributed by atoms with Gasteiger partial charge in [0.2, 0.25) is 0 Å². The Morgan fingerprint density at radius 3 is 2.56 bits per heavy atom. The van der Waals surface area contributed by atoms with Crippen LogP contribution in [0.15, 0.2) is 65.7 Å². The summed E-state index contributed by atoms with van der Waals surface area (Å²) in [5.41, 5.74) is 3.76. The van der Waals surface area contributed by atoms with Crippen molar-refractivity contribution in [1.29, 1.82) is 0 Å². The first kappa shape index (κ1) is 18.9. The molecule has 1 fully saturated rings. The minimum absolute atomic E-state index is 0.0406. The number of hydrogen-bond acceptors (Lipinski definition) is 6. The maximum Gasteiger partial charge on any atom is 0.297 e. The van der Waals surface area contributed by atoms with E-state index in [2.05, 4.69) is 15.3 Å². The van der Waals surface area contributed by atoms with Gasteiger partial charge in [0, 0.05) is 12.0 Å². The molecule has 3 aliphatic heterocycles. The van der Waals surface area contributed by atoms with Crippen LogP contribution in [0.4, 0.5) is 0 Å². The third kappa shape index (κ3) is 3.18. The molecule has 0 saturated carbocycles. The average molecular weight is 427 g/mol. The molecule has 2 aromatic carbocycles. The number of benzene rings is 2. The topological polar surface area (TPSA) is 92.6 Å². The fourth-order valence-corrected chi connectivity index (χ4v) is 4.30. The zero-order chi connectivity index (χ0) is 21.5. The summed E-state index contributed by atoms with van der Waals surface area (Å²) < 4.78 is 9.03. The van der Waals surface area contributed by atoms with E-state index in [0.29, 0.717) is 24.5 Å². The smallest absolute Gasteiger partial charge is 0.297 e. The van der Waals surface area contributed by atoms with Crippen LogP contribution in [0.1, 0.15) is 24.4 Å². The van der Waals surface area contributed by atoms with Crippen molar-refractivity contribution in [2.75, 3.05) is 13.2 Å². The normalized spacial score (nSPS) is 16.7. The van der Waals surface area contributed by atoms with Gasteiger partial charge in [0.15, 0.2) is 5.69 Å². The lowest BCUT2D eigenvalue weighted by Gasteiger charge is -2.21. The Morgan fingerprint density at radius 1 is 0.969 bits per heavy atom. The van der Waals surface area contributed by atoms with Gasteiger partial charge in [-0.2, -0.15) is 25.2 Å². The molecule has 4 heterocycles. The Morgan fingerprint density at radius 2 is 1.78 bits per heavy atom. The lowest BCUT2D eigenvalue weighted by atomic mass is 10.1. The average Bonchev–Trinajstić information content (AvgIpc) is 3.49. The molecule has 0 bridgehead atoms. The van der Waals surface area contributed by atoms with Gasteiger partial charge in [-0.05, 0) is 36.6 Å². The summed E-state index contributed by atoms with van der Waals surface area (Å²) in [6, 6.07) is 15.9. The Balaban J connectivity index is 1.43. The molecule has 1 unspecified atom stereocenters. The Hall–Kier alpha value is -3.85. The molecule has 1 aromatic heterocycles. The molecule has 0 N–H and O–H groups in total. The van der Waals surface area contributed by atoms with E-state index in [-0.39, 0.29) is 11.6 Å². The van der Waals surface area contributed by atoms with Gasteiger partial charge in [0.25, 0.3) is 5.56 Å². The van der Waals surface area contributed by atoms with E-state index < -0.39 is 0 Å². The Labute approximate surface area is 183 Å². The fourth-order valence-electron chi connectivity index (χ4n) is 4.30. The molecule has 3 aliphatic rings. The van der Waals surface area contributed by atoms with Crippen molar-refractivity contribution >= 4 is 10.9 Å². The van der Waals surface area contributed by atoms with Crippen molar-refractivity contribution in [2.45, 2.75) is 25.4 Å². The first-order chi connectivity index (χ1) is 15.8. The van der Waals surface area contributed by atoms with Gasteiger partial charge in [-0.3, -0.25) is 9.48 Å². The lowest BCUT2D eigenvalue weighted by Crippen LogP contribution is -2.29. The van der Waals surface area contributed by atoms with Crippen LogP contribution in [0.2, 0.25) is 0 Å². The predicted octanol–water partition coefficient (Wildman–Crippen LogP) is 2.68. The summed E-state index contributed by atoms with van der Waals surface area (Å²) in [7, 11) is 0. The monoisotopic (exact) mass is 427 g/mol. The van der Waals surface area contributed by atoms with Crippen molar-refractivity contribution < 1.29 is 4.74 Å². The molecule has 1 saturated heterocycles. The first-order valence-corrected chi connectivity index (χ1v) is 10.7. The highest BCUT2D eigenvalue weighted by molar-refractivity contribution is 5.92. The van der Waals surface area contributed by atoms with Crippen LogP contribution in [0.3, 0.4) is 0 Å². The Bertz CT molecular complexity index is 1400. The van der Waals surface area contributed by atoms with Gasteiger partial charge < -0.3 is 4.74 Å². The van der Waals surface area contributed by atoms with E-state index in [0.717, 1.165) is 41.6 Å². The largest absolute Gasteiger partial charge is 0.379 e. The molecule has 1 atom stereocenters. The summed E-state index contributed by atoms with van der Waals surface area (Å²) in [6.45, 7) is 1.78. The number of nitrogens with zero attached hydrogens (tertiary/aromatic N) is 7. The fraction of sp³-hybridized carbons (Fsp3) is 0.261. The number of hydrogen-bond donors (Lipinski definition) is 0. The number of ether oxygens (including phenoxy) is 1. The summed E-state index contributed by atoms with van der Waals surface area (Å²) >= 11 is 0. The van der Waals surface area contributed by atoms with Crippen LogP contribution in [-0.2, 0) is 11.3 Å². The van der Waals surface area contributed by atoms with Crippen LogP contribution in [0.5, 0.6) is 0 Å². The molecule has 0 amide bonds. The number of aromatic nitrogens is 7. The molecule has 9 nitrogen and oxygen atoms in total. The zero-order valence-corrected chi connectivity index (χ0v) is 17.3. The molecule has 0 spiro atoms. The van der Waals surface area contributed by atoms with E-state index in [1.807, 2.05) is 53.2 Å². The minimum atomic E-state index is -0.157. The molecule has 9 heteroatoms. The van der Waals surface area contributed by atoms with Crippen LogP contribution in [0.25, 0.3) is 28.0 Å². The third-order valence-corrected chi connectivity index (χ3v) is 5.90. The standard InChI is InChI=1S/C23H21N7O2/c31-23-22-21(27-29(23)18-4-3-13-32-15-18)19-5-1-2-6-20(19)28(26-22)14-16-7-9-17(10-8-16)30-24-11-12-25-30/h1-2,5-12,18H,3-4,13-15H2. The van der Waals surface area contributed by atoms with E-state index in [1.54, 1.807) is 21.9 Å². The maximum absolute atomic E-state index is 13.2. The molecule has 6 rings (SSSR count). The van der Waals surface area contributed by atoms with Crippen LogP contribution < -0.4 is 5.56 Å². The van der Waals surface area contributed by atoms with Crippen LogP contribution >= 0.6 is 0 Å². The molecule has 32 heavy (non-hydrogen) atoms. The highest BCUT2D eigenvalue weighted by atomic mass is 16.5. The molecule has 160 valence electrons. The number of para-hydroxylation sites is 1. The van der Waals surface area contributed by atoms with Gasteiger partial charge in [-0.25, -0.2) is 4.68 Å². The van der Waals surface area contributed by atoms with Gasteiger partial charge in [0.05, 0.1) is 42.8 Å². The summed E-state index contributed by atoms with van der Waals surface area (Å²) in [5.74, 6) is 0. The van der Waals surface area contributed by atoms with Gasteiger partial charge in [0.1, 0.15) is 5.69 Å². The first-order valence-electron chi connectivity index (χ1n) is 10.7.